The van der Waals surface area contributed by atoms with Crippen LogP contribution in [0.4, 0.5) is 0 Å². The highest BCUT2D eigenvalue weighted by molar-refractivity contribution is 5.80. The molecule has 2 atom stereocenters. The summed E-state index contributed by atoms with van der Waals surface area (Å²) in [7, 11) is 1.65. The molecule has 0 aliphatic carbocycles. The van der Waals surface area contributed by atoms with Gasteiger partial charge in [0, 0.05) is 37.3 Å². The number of hydrogen-bond acceptors (Lipinski definition) is 5. The van der Waals surface area contributed by atoms with Gasteiger partial charge in [0.1, 0.15) is 18.1 Å². The molecule has 2 heterocycles. The molecule has 1 fully saturated rings. The third kappa shape index (κ3) is 5.47. The molecule has 3 N–H and O–H groups in total. The Morgan fingerprint density at radius 2 is 2.07 bits per heavy atom. The van der Waals surface area contributed by atoms with E-state index in [0.717, 1.165) is 42.7 Å². The number of rotatable bonds is 7. The first-order chi connectivity index (χ1) is 14.0. The molecule has 158 valence electrons. The van der Waals surface area contributed by atoms with Gasteiger partial charge in [0.15, 0.2) is 11.8 Å². The Balaban J connectivity index is 1.63. The van der Waals surface area contributed by atoms with Crippen molar-refractivity contribution in [2.75, 3.05) is 26.7 Å². The minimum absolute atomic E-state index is 0.389. The number of guanidine groups is 1. The van der Waals surface area contributed by atoms with E-state index >= 15 is 0 Å². The summed E-state index contributed by atoms with van der Waals surface area (Å²) in [6, 6.07) is 8.65. The molecule has 2 aromatic rings. The van der Waals surface area contributed by atoms with Crippen molar-refractivity contribution in [3.63, 3.8) is 0 Å². The molecule has 8 nitrogen and oxygen atoms in total. The number of aromatic amines is 1. The molecule has 2 unspecified atom stereocenters. The van der Waals surface area contributed by atoms with Crippen molar-refractivity contribution in [1.82, 2.24) is 30.7 Å². The average molecular weight is 400 g/mol. The Morgan fingerprint density at radius 3 is 2.69 bits per heavy atom. The predicted octanol–water partition coefficient (Wildman–Crippen LogP) is 2.26. The number of aromatic nitrogens is 3. The van der Waals surface area contributed by atoms with Gasteiger partial charge in [0.2, 0.25) is 0 Å². The Hall–Kier alpha value is -2.61. The number of nitrogens with one attached hydrogen (secondary N) is 3. The summed E-state index contributed by atoms with van der Waals surface area (Å²) < 4.78 is 5.20. The monoisotopic (exact) mass is 399 g/mol. The van der Waals surface area contributed by atoms with E-state index in [9.17, 15) is 0 Å². The molecule has 3 rings (SSSR count). The molecule has 1 saturated heterocycles. The highest BCUT2D eigenvalue weighted by Crippen LogP contribution is 2.20. The normalized spacial score (nSPS) is 20.3. The van der Waals surface area contributed by atoms with E-state index in [2.05, 4.69) is 58.4 Å². The van der Waals surface area contributed by atoms with Crippen LogP contribution in [-0.4, -0.2) is 64.9 Å². The van der Waals surface area contributed by atoms with Gasteiger partial charge in [-0.25, -0.2) is 9.98 Å². The molecule has 0 amide bonds. The SMILES string of the molecule is CCNC(=NCc1nc(-c2ccc(OC)cc2)n[nH]1)NC1CN(C(C)C)CC1C. The Morgan fingerprint density at radius 1 is 1.31 bits per heavy atom. The van der Waals surface area contributed by atoms with Crippen LogP contribution in [0, 0.1) is 5.92 Å². The Bertz CT molecular complexity index is 800. The lowest BCUT2D eigenvalue weighted by molar-refractivity contribution is 0.265. The summed E-state index contributed by atoms with van der Waals surface area (Å²) in [6.07, 6.45) is 0. The zero-order chi connectivity index (χ0) is 20.8. The molecule has 29 heavy (non-hydrogen) atoms. The Kier molecular flexibility index (Phi) is 7.09. The van der Waals surface area contributed by atoms with Crippen molar-refractivity contribution in [1.29, 1.82) is 0 Å². The van der Waals surface area contributed by atoms with E-state index in [1.165, 1.54) is 0 Å². The molecule has 0 bridgehead atoms. The number of aliphatic imine (C=N–C) groups is 1. The zero-order valence-corrected chi connectivity index (χ0v) is 18.1. The van der Waals surface area contributed by atoms with E-state index in [1.54, 1.807) is 7.11 Å². The van der Waals surface area contributed by atoms with Gasteiger partial charge in [-0.3, -0.25) is 10.00 Å². The quantitative estimate of drug-likeness (QED) is 0.489. The lowest BCUT2D eigenvalue weighted by Gasteiger charge is -2.21. The fourth-order valence-corrected chi connectivity index (χ4v) is 3.50. The summed E-state index contributed by atoms with van der Waals surface area (Å²) in [5.74, 6) is 3.60. The minimum atomic E-state index is 0.389. The molecular weight excluding hydrogens is 366 g/mol. The highest BCUT2D eigenvalue weighted by atomic mass is 16.5. The fourth-order valence-electron chi connectivity index (χ4n) is 3.50. The first kappa shape index (κ1) is 21.1. The van der Waals surface area contributed by atoms with Crippen molar-refractivity contribution in [3.05, 3.63) is 30.1 Å². The number of hydrogen-bond donors (Lipinski definition) is 3. The van der Waals surface area contributed by atoms with Crippen LogP contribution < -0.4 is 15.4 Å². The standard InChI is InChI=1S/C21H33N7O/c1-6-22-21(24-18-13-28(14(2)3)12-15(18)4)23-11-19-25-20(27-26-19)16-7-9-17(29-5)10-8-16/h7-10,14-15,18H,6,11-13H2,1-5H3,(H2,22,23,24)(H,25,26,27). The van der Waals surface area contributed by atoms with Crippen molar-refractivity contribution in [2.45, 2.75) is 46.3 Å². The maximum atomic E-state index is 5.20. The number of likely N-dealkylation sites (tertiary alicyclic amines) is 1. The second kappa shape index (κ2) is 9.73. The van der Waals surface area contributed by atoms with Gasteiger partial charge in [0.05, 0.1) is 7.11 Å². The molecule has 1 aliphatic rings. The molecule has 1 aromatic carbocycles. The lowest BCUT2D eigenvalue weighted by Crippen LogP contribution is -2.46. The molecular formula is C21H33N7O. The van der Waals surface area contributed by atoms with E-state index < -0.39 is 0 Å². The van der Waals surface area contributed by atoms with Crippen LogP contribution >= 0.6 is 0 Å². The van der Waals surface area contributed by atoms with Gasteiger partial charge in [-0.2, -0.15) is 5.10 Å². The van der Waals surface area contributed by atoms with Gasteiger partial charge >= 0.3 is 0 Å². The summed E-state index contributed by atoms with van der Waals surface area (Å²) in [5, 5.41) is 14.2. The van der Waals surface area contributed by atoms with E-state index in [4.69, 9.17) is 9.73 Å². The van der Waals surface area contributed by atoms with Gasteiger partial charge in [-0.05, 0) is 51.0 Å². The smallest absolute Gasteiger partial charge is 0.191 e. The summed E-state index contributed by atoms with van der Waals surface area (Å²) in [6.45, 7) is 12.3. The maximum absolute atomic E-state index is 5.20. The summed E-state index contributed by atoms with van der Waals surface area (Å²) in [5.41, 5.74) is 0.941. The van der Waals surface area contributed by atoms with Gasteiger partial charge in [-0.15, -0.1) is 0 Å². The number of benzene rings is 1. The van der Waals surface area contributed by atoms with E-state index in [0.29, 0.717) is 30.4 Å². The maximum Gasteiger partial charge on any atom is 0.191 e. The molecule has 0 saturated carbocycles. The first-order valence-electron chi connectivity index (χ1n) is 10.3. The zero-order valence-electron chi connectivity index (χ0n) is 18.1. The van der Waals surface area contributed by atoms with Crippen LogP contribution in [0.5, 0.6) is 5.75 Å². The third-order valence-corrected chi connectivity index (χ3v) is 5.30. The van der Waals surface area contributed by atoms with Crippen LogP contribution in [0.2, 0.25) is 0 Å². The van der Waals surface area contributed by atoms with Crippen LogP contribution in [0.25, 0.3) is 11.4 Å². The second-order valence-corrected chi connectivity index (χ2v) is 7.81. The fraction of sp³-hybridized carbons (Fsp3) is 0.571. The van der Waals surface area contributed by atoms with Crippen LogP contribution in [0.15, 0.2) is 29.3 Å². The average Bonchev–Trinajstić information content (AvgIpc) is 3.33. The largest absolute Gasteiger partial charge is 0.497 e. The number of H-pyrrole nitrogens is 1. The van der Waals surface area contributed by atoms with E-state index in [1.807, 2.05) is 24.3 Å². The Labute approximate surface area is 173 Å². The number of methoxy groups -OCH3 is 1. The minimum Gasteiger partial charge on any atom is -0.497 e. The molecule has 1 aliphatic heterocycles. The topological polar surface area (TPSA) is 90.5 Å². The number of ether oxygens (including phenoxy) is 1. The second-order valence-electron chi connectivity index (χ2n) is 7.81. The van der Waals surface area contributed by atoms with Gasteiger partial charge < -0.3 is 15.4 Å². The van der Waals surface area contributed by atoms with Crippen molar-refractivity contribution < 1.29 is 4.74 Å². The third-order valence-electron chi connectivity index (χ3n) is 5.30. The van der Waals surface area contributed by atoms with E-state index in [-0.39, 0.29) is 0 Å². The van der Waals surface area contributed by atoms with Crippen molar-refractivity contribution >= 4 is 5.96 Å². The van der Waals surface area contributed by atoms with Crippen LogP contribution in [0.3, 0.4) is 0 Å². The van der Waals surface area contributed by atoms with Crippen LogP contribution in [-0.2, 0) is 6.54 Å². The molecule has 1 aromatic heterocycles. The first-order valence-corrected chi connectivity index (χ1v) is 10.3. The predicted molar refractivity (Wildman–Crippen MR) is 116 cm³/mol. The van der Waals surface area contributed by atoms with Crippen LogP contribution in [0.1, 0.15) is 33.5 Å². The van der Waals surface area contributed by atoms with Gasteiger partial charge in [0.25, 0.3) is 0 Å². The molecule has 0 spiro atoms. The molecule has 0 radical (unpaired) electrons. The van der Waals surface area contributed by atoms with Crippen molar-refractivity contribution in [3.8, 4) is 17.1 Å². The summed E-state index contributed by atoms with van der Waals surface area (Å²) in [4.78, 5) is 11.8. The number of nitrogens with zero attached hydrogens (tertiary/aromatic N) is 4. The highest BCUT2D eigenvalue weighted by Gasteiger charge is 2.31. The van der Waals surface area contributed by atoms with Crippen molar-refractivity contribution in [2.24, 2.45) is 10.9 Å². The molecule has 8 heteroatoms. The lowest BCUT2D eigenvalue weighted by atomic mass is 10.1. The summed E-state index contributed by atoms with van der Waals surface area (Å²) >= 11 is 0. The van der Waals surface area contributed by atoms with Gasteiger partial charge in [-0.1, -0.05) is 6.92 Å².